The van der Waals surface area contributed by atoms with E-state index in [2.05, 4.69) is 10.1 Å². The molecule has 1 aliphatic rings. The summed E-state index contributed by atoms with van der Waals surface area (Å²) in [4.78, 5) is 32.2. The molecule has 3 aromatic carbocycles. The first-order valence-corrected chi connectivity index (χ1v) is 10.7. The predicted octanol–water partition coefficient (Wildman–Crippen LogP) is 4.33. The molecule has 8 heteroatoms. The number of imide groups is 1. The normalized spacial score (nSPS) is 13.6. The second kappa shape index (κ2) is 8.82. The molecule has 0 saturated carbocycles. The monoisotopic (exact) mass is 455 g/mol. The van der Waals surface area contributed by atoms with Gasteiger partial charge in [-0.25, -0.2) is 0 Å². The highest BCUT2D eigenvalue weighted by molar-refractivity contribution is 6.21. The van der Waals surface area contributed by atoms with Crippen LogP contribution >= 0.6 is 0 Å². The molecule has 0 aliphatic carbocycles. The summed E-state index contributed by atoms with van der Waals surface area (Å²) < 4.78 is 16.2. The maximum absolute atomic E-state index is 13.2. The summed E-state index contributed by atoms with van der Waals surface area (Å²) in [5.74, 6) is 1.14. The fraction of sp³-hybridized carbons (Fsp3) is 0.154. The van der Waals surface area contributed by atoms with Crippen molar-refractivity contribution in [3.63, 3.8) is 0 Å². The number of hydrogen-bond acceptors (Lipinski definition) is 7. The lowest BCUT2D eigenvalue weighted by atomic mass is 10.0. The van der Waals surface area contributed by atoms with Crippen LogP contribution in [-0.2, 0) is 6.42 Å². The van der Waals surface area contributed by atoms with Crippen molar-refractivity contribution in [1.29, 1.82) is 0 Å². The zero-order chi connectivity index (χ0) is 23.7. The Labute approximate surface area is 195 Å². The minimum Gasteiger partial charge on any atom is -0.497 e. The maximum Gasteiger partial charge on any atom is 0.262 e. The Morgan fingerprint density at radius 1 is 0.853 bits per heavy atom. The van der Waals surface area contributed by atoms with Gasteiger partial charge in [-0.3, -0.25) is 14.5 Å². The predicted molar refractivity (Wildman–Crippen MR) is 123 cm³/mol. The van der Waals surface area contributed by atoms with Crippen molar-refractivity contribution in [2.45, 2.75) is 12.5 Å². The van der Waals surface area contributed by atoms with Crippen molar-refractivity contribution < 1.29 is 23.6 Å². The average Bonchev–Trinajstić information content (AvgIpc) is 3.46. The lowest BCUT2D eigenvalue weighted by molar-refractivity contribution is 0.0575. The zero-order valence-corrected chi connectivity index (χ0v) is 18.6. The van der Waals surface area contributed by atoms with Crippen LogP contribution in [0.3, 0.4) is 0 Å². The summed E-state index contributed by atoms with van der Waals surface area (Å²) in [5.41, 5.74) is 2.23. The van der Waals surface area contributed by atoms with Gasteiger partial charge in [0, 0.05) is 11.6 Å². The fourth-order valence-corrected chi connectivity index (χ4v) is 4.08. The first kappa shape index (κ1) is 21.4. The summed E-state index contributed by atoms with van der Waals surface area (Å²) in [6.07, 6.45) is 0.170. The zero-order valence-electron chi connectivity index (χ0n) is 18.6. The number of methoxy groups -OCH3 is 2. The van der Waals surface area contributed by atoms with Gasteiger partial charge in [-0.1, -0.05) is 47.6 Å². The van der Waals surface area contributed by atoms with Gasteiger partial charge in [0.2, 0.25) is 11.7 Å². The number of aromatic nitrogens is 2. The van der Waals surface area contributed by atoms with Gasteiger partial charge >= 0.3 is 0 Å². The molecular formula is C26H21N3O5. The number of carbonyl (C=O) groups excluding carboxylic acids is 2. The number of carbonyl (C=O) groups is 2. The molecule has 5 rings (SSSR count). The van der Waals surface area contributed by atoms with Crippen LogP contribution in [0.1, 0.15) is 38.2 Å². The van der Waals surface area contributed by atoms with Gasteiger partial charge in [0.1, 0.15) is 11.5 Å². The van der Waals surface area contributed by atoms with Gasteiger partial charge in [0.05, 0.1) is 37.8 Å². The molecular weight excluding hydrogens is 434 g/mol. The van der Waals surface area contributed by atoms with E-state index in [1.165, 1.54) is 4.90 Å². The summed E-state index contributed by atoms with van der Waals surface area (Å²) in [5, 5.41) is 4.10. The second-order valence-corrected chi connectivity index (χ2v) is 7.77. The summed E-state index contributed by atoms with van der Waals surface area (Å²) >= 11 is 0. The van der Waals surface area contributed by atoms with Gasteiger partial charge in [-0.05, 0) is 29.8 Å². The topological polar surface area (TPSA) is 94.8 Å². The molecule has 1 aromatic heterocycles. The third kappa shape index (κ3) is 3.79. The molecule has 1 atom stereocenters. The minimum atomic E-state index is -0.609. The number of hydrogen-bond donors (Lipinski definition) is 0. The highest BCUT2D eigenvalue weighted by Crippen LogP contribution is 2.34. The highest BCUT2D eigenvalue weighted by Gasteiger charge is 2.41. The molecule has 0 N–H and O–H groups in total. The Hall–Kier alpha value is -4.46. The van der Waals surface area contributed by atoms with Crippen LogP contribution in [0.15, 0.2) is 77.3 Å². The number of amides is 2. The Morgan fingerprint density at radius 3 is 2.03 bits per heavy atom. The summed E-state index contributed by atoms with van der Waals surface area (Å²) in [6.45, 7) is 0. The second-order valence-electron chi connectivity index (χ2n) is 7.77. The van der Waals surface area contributed by atoms with Crippen molar-refractivity contribution in [2.24, 2.45) is 0 Å². The Bertz CT molecular complexity index is 1310. The molecule has 0 radical (unpaired) electrons. The van der Waals surface area contributed by atoms with E-state index in [9.17, 15) is 9.59 Å². The van der Waals surface area contributed by atoms with E-state index < -0.39 is 6.04 Å². The standard InChI is InChI=1S/C26H21N3O5/c1-32-18-12-17(13-19(14-18)33-2)24-27-23(34-28-24)15-22(16-8-4-3-5-9-16)29-25(30)20-10-6-7-11-21(20)26(29)31/h3-14,22H,15H2,1-2H3/t22-/m1/s1. The van der Waals surface area contributed by atoms with Gasteiger partial charge in [-0.15, -0.1) is 0 Å². The van der Waals surface area contributed by atoms with Crippen LogP contribution in [0.5, 0.6) is 11.5 Å². The van der Waals surface area contributed by atoms with Crippen LogP contribution in [0.25, 0.3) is 11.4 Å². The fourth-order valence-electron chi connectivity index (χ4n) is 4.08. The van der Waals surface area contributed by atoms with E-state index >= 15 is 0 Å². The SMILES string of the molecule is COc1cc(OC)cc(-c2noc(C[C@H](c3ccccc3)N3C(=O)c4ccccc4C3=O)n2)c1. The van der Waals surface area contributed by atoms with Gasteiger partial charge < -0.3 is 14.0 Å². The van der Waals surface area contributed by atoms with E-state index in [1.807, 2.05) is 30.3 Å². The Morgan fingerprint density at radius 2 is 1.44 bits per heavy atom. The number of benzene rings is 3. The summed E-state index contributed by atoms with van der Waals surface area (Å²) in [6, 6.07) is 20.9. The number of nitrogens with zero attached hydrogens (tertiary/aromatic N) is 3. The molecule has 34 heavy (non-hydrogen) atoms. The quantitative estimate of drug-likeness (QED) is 0.383. The molecule has 4 aromatic rings. The van der Waals surface area contributed by atoms with Crippen molar-refractivity contribution in [1.82, 2.24) is 15.0 Å². The molecule has 2 heterocycles. The number of rotatable bonds is 7. The van der Waals surface area contributed by atoms with Crippen molar-refractivity contribution in [3.8, 4) is 22.9 Å². The smallest absolute Gasteiger partial charge is 0.262 e. The van der Waals surface area contributed by atoms with E-state index in [4.69, 9.17) is 14.0 Å². The van der Waals surface area contributed by atoms with Crippen molar-refractivity contribution in [3.05, 3.63) is 95.4 Å². The van der Waals surface area contributed by atoms with E-state index in [0.717, 1.165) is 5.56 Å². The van der Waals surface area contributed by atoms with E-state index in [-0.39, 0.29) is 18.2 Å². The lowest BCUT2D eigenvalue weighted by Crippen LogP contribution is -2.35. The van der Waals surface area contributed by atoms with Gasteiger partial charge in [0.15, 0.2) is 0 Å². The largest absolute Gasteiger partial charge is 0.497 e. The molecule has 0 saturated heterocycles. The van der Waals surface area contributed by atoms with Crippen LogP contribution in [0, 0.1) is 0 Å². The van der Waals surface area contributed by atoms with E-state index in [1.54, 1.807) is 56.7 Å². The average molecular weight is 455 g/mol. The molecule has 1 aliphatic heterocycles. The Balaban J connectivity index is 1.50. The first-order chi connectivity index (χ1) is 16.6. The minimum absolute atomic E-state index is 0.170. The molecule has 0 unspecified atom stereocenters. The van der Waals surface area contributed by atoms with Crippen LogP contribution in [-0.4, -0.2) is 41.1 Å². The molecule has 2 amide bonds. The van der Waals surface area contributed by atoms with Crippen LogP contribution < -0.4 is 9.47 Å². The maximum atomic E-state index is 13.2. The molecule has 0 bridgehead atoms. The number of fused-ring (bicyclic) bond motifs is 1. The molecule has 0 fully saturated rings. The van der Waals surface area contributed by atoms with Gasteiger partial charge in [0.25, 0.3) is 11.8 Å². The highest BCUT2D eigenvalue weighted by atomic mass is 16.5. The third-order valence-electron chi connectivity index (χ3n) is 5.77. The summed E-state index contributed by atoms with van der Waals surface area (Å²) in [7, 11) is 3.12. The van der Waals surface area contributed by atoms with E-state index in [0.29, 0.717) is 39.9 Å². The molecule has 0 spiro atoms. The molecule has 170 valence electrons. The van der Waals surface area contributed by atoms with Gasteiger partial charge in [-0.2, -0.15) is 4.98 Å². The first-order valence-electron chi connectivity index (χ1n) is 10.7. The third-order valence-corrected chi connectivity index (χ3v) is 5.77. The van der Waals surface area contributed by atoms with Crippen molar-refractivity contribution >= 4 is 11.8 Å². The number of ether oxygens (including phenoxy) is 2. The van der Waals surface area contributed by atoms with Crippen LogP contribution in [0.4, 0.5) is 0 Å². The van der Waals surface area contributed by atoms with Crippen molar-refractivity contribution in [2.75, 3.05) is 14.2 Å². The van der Waals surface area contributed by atoms with Crippen LogP contribution in [0.2, 0.25) is 0 Å². The molecule has 8 nitrogen and oxygen atoms in total. The Kier molecular flexibility index (Phi) is 5.55. The lowest BCUT2D eigenvalue weighted by Gasteiger charge is -2.25.